The van der Waals surface area contributed by atoms with Crippen LogP contribution in [-0.2, 0) is 6.54 Å². The topological polar surface area (TPSA) is 81.3 Å². The van der Waals surface area contributed by atoms with Gasteiger partial charge in [0.15, 0.2) is 5.78 Å². The Kier molecular flexibility index (Phi) is 5.23. The molecule has 0 amide bonds. The first-order valence-corrected chi connectivity index (χ1v) is 8.23. The third kappa shape index (κ3) is 4.11. The van der Waals surface area contributed by atoms with Crippen LogP contribution in [-0.4, -0.2) is 40.9 Å². The average molecular weight is 344 g/mol. The molecule has 1 aromatic heterocycles. The van der Waals surface area contributed by atoms with Gasteiger partial charge in [0.05, 0.1) is 12.7 Å². The van der Waals surface area contributed by atoms with Crippen LogP contribution in [0.2, 0.25) is 0 Å². The Hall–Kier alpha value is -2.54. The van der Waals surface area contributed by atoms with E-state index in [0.717, 1.165) is 24.9 Å². The van der Waals surface area contributed by atoms with E-state index in [4.69, 9.17) is 10.5 Å². The lowest BCUT2D eigenvalue weighted by Gasteiger charge is -2.32. The number of carbonyl (C=O) groups is 1. The molecule has 1 saturated heterocycles. The van der Waals surface area contributed by atoms with Crippen LogP contribution in [0.25, 0.3) is 0 Å². The van der Waals surface area contributed by atoms with Crippen molar-refractivity contribution in [3.05, 3.63) is 47.5 Å². The van der Waals surface area contributed by atoms with Gasteiger partial charge in [0.2, 0.25) is 5.95 Å². The maximum absolute atomic E-state index is 13.6. The van der Waals surface area contributed by atoms with Gasteiger partial charge in [-0.3, -0.25) is 9.69 Å². The molecule has 0 aliphatic carbocycles. The van der Waals surface area contributed by atoms with Gasteiger partial charge in [-0.05, 0) is 37.6 Å². The molecule has 1 fully saturated rings. The largest absolute Gasteiger partial charge is 0.496 e. The maximum Gasteiger partial charge on any atom is 0.219 e. The second kappa shape index (κ2) is 7.57. The molecule has 6 nitrogen and oxygen atoms in total. The van der Waals surface area contributed by atoms with Crippen molar-refractivity contribution < 1.29 is 13.9 Å². The van der Waals surface area contributed by atoms with Crippen molar-refractivity contribution in [1.82, 2.24) is 14.9 Å². The fraction of sp³-hybridized carbons (Fsp3) is 0.389. The van der Waals surface area contributed by atoms with Gasteiger partial charge in [0.1, 0.15) is 11.6 Å². The fourth-order valence-electron chi connectivity index (χ4n) is 3.21. The van der Waals surface area contributed by atoms with Crippen molar-refractivity contribution in [3.8, 4) is 5.75 Å². The first-order chi connectivity index (χ1) is 12.1. The maximum atomic E-state index is 13.6. The summed E-state index contributed by atoms with van der Waals surface area (Å²) < 4.78 is 18.8. The highest BCUT2D eigenvalue weighted by molar-refractivity contribution is 6.00. The summed E-state index contributed by atoms with van der Waals surface area (Å²) in [4.78, 5) is 23.0. The number of anilines is 1. The second-order valence-electron chi connectivity index (χ2n) is 6.23. The van der Waals surface area contributed by atoms with Gasteiger partial charge in [-0.25, -0.2) is 14.4 Å². The van der Waals surface area contributed by atoms with Gasteiger partial charge < -0.3 is 10.5 Å². The normalized spacial score (nSPS) is 18.1. The van der Waals surface area contributed by atoms with E-state index in [1.807, 2.05) is 0 Å². The Morgan fingerprint density at radius 2 is 2.16 bits per heavy atom. The second-order valence-corrected chi connectivity index (χ2v) is 6.23. The minimum Gasteiger partial charge on any atom is -0.496 e. The molecule has 3 rings (SSSR count). The predicted molar refractivity (Wildman–Crippen MR) is 91.7 cm³/mol. The van der Waals surface area contributed by atoms with Gasteiger partial charge in [-0.2, -0.15) is 0 Å². The molecule has 1 aliphatic rings. The van der Waals surface area contributed by atoms with Gasteiger partial charge >= 0.3 is 0 Å². The molecule has 132 valence electrons. The molecule has 0 radical (unpaired) electrons. The Morgan fingerprint density at radius 3 is 2.88 bits per heavy atom. The van der Waals surface area contributed by atoms with Crippen LogP contribution >= 0.6 is 0 Å². The summed E-state index contributed by atoms with van der Waals surface area (Å²) in [5.41, 5.74) is 6.76. The number of ketones is 1. The van der Waals surface area contributed by atoms with Gasteiger partial charge in [0, 0.05) is 37.0 Å². The SMILES string of the molecule is COc1ccc(F)cc1C(=O)C1CCCN(Cc2cnc(N)nc2)C1. The van der Waals surface area contributed by atoms with Crippen LogP contribution in [0.5, 0.6) is 5.75 Å². The van der Waals surface area contributed by atoms with Crippen LogP contribution in [0.15, 0.2) is 30.6 Å². The number of nitrogens with two attached hydrogens (primary N) is 1. The lowest BCUT2D eigenvalue weighted by molar-refractivity contribution is 0.0808. The molecule has 1 aromatic carbocycles. The van der Waals surface area contributed by atoms with Crippen molar-refractivity contribution in [3.63, 3.8) is 0 Å². The Morgan fingerprint density at radius 1 is 1.40 bits per heavy atom. The number of likely N-dealkylation sites (tertiary alicyclic amines) is 1. The predicted octanol–water partition coefficient (Wildman–Crippen LogP) is 2.30. The number of halogens is 1. The monoisotopic (exact) mass is 344 g/mol. The number of ether oxygens (including phenoxy) is 1. The minimum atomic E-state index is -0.434. The number of methoxy groups -OCH3 is 1. The quantitative estimate of drug-likeness (QED) is 0.838. The molecular weight excluding hydrogens is 323 g/mol. The van der Waals surface area contributed by atoms with Crippen molar-refractivity contribution >= 4 is 11.7 Å². The zero-order valence-electron chi connectivity index (χ0n) is 14.1. The molecular formula is C18H21FN4O2. The van der Waals surface area contributed by atoms with E-state index in [0.29, 0.717) is 24.4 Å². The number of Topliss-reactive ketones (excluding diaryl/α,β-unsaturated/α-hetero) is 1. The summed E-state index contributed by atoms with van der Waals surface area (Å²) in [6.07, 6.45) is 5.09. The van der Waals surface area contributed by atoms with Gasteiger partial charge in [-0.1, -0.05) is 0 Å². The number of benzene rings is 1. The number of hydrogen-bond acceptors (Lipinski definition) is 6. The molecule has 7 heteroatoms. The molecule has 1 unspecified atom stereocenters. The van der Waals surface area contributed by atoms with Crippen LogP contribution in [0.1, 0.15) is 28.8 Å². The van der Waals surface area contributed by atoms with E-state index >= 15 is 0 Å². The number of nitrogen functional groups attached to an aromatic ring is 1. The Balaban J connectivity index is 1.71. The molecule has 25 heavy (non-hydrogen) atoms. The molecule has 0 spiro atoms. The van der Waals surface area contributed by atoms with Gasteiger partial charge in [0.25, 0.3) is 0 Å². The number of aromatic nitrogens is 2. The highest BCUT2D eigenvalue weighted by Crippen LogP contribution is 2.27. The lowest BCUT2D eigenvalue weighted by Crippen LogP contribution is -2.38. The average Bonchev–Trinajstić information content (AvgIpc) is 2.63. The van der Waals surface area contributed by atoms with E-state index in [-0.39, 0.29) is 17.6 Å². The van der Waals surface area contributed by atoms with Crippen molar-refractivity contribution in [2.24, 2.45) is 5.92 Å². The number of hydrogen-bond donors (Lipinski definition) is 1. The highest BCUT2D eigenvalue weighted by Gasteiger charge is 2.28. The number of rotatable bonds is 5. The van der Waals surface area contributed by atoms with Crippen LogP contribution in [0, 0.1) is 11.7 Å². The van der Waals surface area contributed by atoms with E-state index < -0.39 is 5.82 Å². The number of carbonyl (C=O) groups excluding carboxylic acids is 1. The van der Waals surface area contributed by atoms with Crippen LogP contribution in [0.4, 0.5) is 10.3 Å². The molecule has 0 bridgehead atoms. The Labute approximate surface area is 145 Å². The molecule has 1 aliphatic heterocycles. The summed E-state index contributed by atoms with van der Waals surface area (Å²) in [7, 11) is 1.48. The zero-order valence-corrected chi connectivity index (χ0v) is 14.1. The van der Waals surface area contributed by atoms with Crippen molar-refractivity contribution in [1.29, 1.82) is 0 Å². The molecule has 2 heterocycles. The van der Waals surface area contributed by atoms with Crippen molar-refractivity contribution in [2.75, 3.05) is 25.9 Å². The summed E-state index contributed by atoms with van der Waals surface area (Å²) in [6, 6.07) is 4.05. The van der Waals surface area contributed by atoms with E-state index in [9.17, 15) is 9.18 Å². The first kappa shape index (κ1) is 17.3. The highest BCUT2D eigenvalue weighted by atomic mass is 19.1. The smallest absolute Gasteiger partial charge is 0.219 e. The third-order valence-corrected chi connectivity index (χ3v) is 4.43. The standard InChI is InChI=1S/C18H21FN4O2/c1-25-16-5-4-14(19)7-15(16)17(24)13-3-2-6-23(11-13)10-12-8-21-18(20)22-9-12/h4-5,7-9,13H,2-3,6,10-11H2,1H3,(H2,20,21,22). The summed E-state index contributed by atoms with van der Waals surface area (Å²) >= 11 is 0. The number of piperidine rings is 1. The van der Waals surface area contributed by atoms with E-state index in [2.05, 4.69) is 14.9 Å². The third-order valence-electron chi connectivity index (χ3n) is 4.43. The van der Waals surface area contributed by atoms with E-state index in [1.165, 1.54) is 25.3 Å². The van der Waals surface area contributed by atoms with E-state index in [1.54, 1.807) is 12.4 Å². The molecule has 1 atom stereocenters. The number of nitrogens with zero attached hydrogens (tertiary/aromatic N) is 3. The summed E-state index contributed by atoms with van der Waals surface area (Å²) in [5, 5.41) is 0. The zero-order chi connectivity index (χ0) is 17.8. The molecule has 2 aromatic rings. The first-order valence-electron chi connectivity index (χ1n) is 8.23. The van der Waals surface area contributed by atoms with Crippen molar-refractivity contribution in [2.45, 2.75) is 19.4 Å². The minimum absolute atomic E-state index is 0.0744. The summed E-state index contributed by atoms with van der Waals surface area (Å²) in [5.74, 6) is -0.0336. The Bertz CT molecular complexity index is 751. The fourth-order valence-corrected chi connectivity index (χ4v) is 3.21. The van der Waals surface area contributed by atoms with Crippen LogP contribution in [0.3, 0.4) is 0 Å². The lowest BCUT2D eigenvalue weighted by atomic mass is 9.89. The molecule has 2 N–H and O–H groups in total. The van der Waals surface area contributed by atoms with Gasteiger partial charge in [-0.15, -0.1) is 0 Å². The molecule has 0 saturated carbocycles. The van der Waals surface area contributed by atoms with Crippen LogP contribution < -0.4 is 10.5 Å². The summed E-state index contributed by atoms with van der Waals surface area (Å²) in [6.45, 7) is 2.17.